The van der Waals surface area contributed by atoms with Gasteiger partial charge >= 0.3 is 0 Å². The number of aromatic nitrogens is 2. The Morgan fingerprint density at radius 3 is 3.21 bits per heavy atom. The molecule has 2 aromatic heterocycles. The molecule has 0 aliphatic rings. The molecule has 0 amide bonds. The first-order valence-electron chi connectivity index (χ1n) is 4.96. The van der Waals surface area contributed by atoms with Crippen molar-refractivity contribution in [1.82, 2.24) is 14.9 Å². The van der Waals surface area contributed by atoms with E-state index in [2.05, 4.69) is 33.2 Å². The van der Waals surface area contributed by atoms with Gasteiger partial charge in [0.2, 0.25) is 0 Å². The average Bonchev–Trinajstić information content (AvgIpc) is 2.63. The van der Waals surface area contributed by atoms with Crippen LogP contribution in [0.5, 0.6) is 0 Å². The van der Waals surface area contributed by atoms with Crippen molar-refractivity contribution in [2.45, 2.75) is 13.0 Å². The second-order valence-electron chi connectivity index (χ2n) is 3.38. The van der Waals surface area contributed by atoms with E-state index in [1.165, 1.54) is 5.39 Å². The van der Waals surface area contributed by atoms with Crippen LogP contribution in [0.4, 0.5) is 0 Å². The molecule has 0 unspecified atom stereocenters. The summed E-state index contributed by atoms with van der Waals surface area (Å²) in [5.41, 5.74) is 1.09. The van der Waals surface area contributed by atoms with Crippen LogP contribution in [0.2, 0.25) is 0 Å². The van der Waals surface area contributed by atoms with Crippen LogP contribution in [0.25, 0.3) is 11.0 Å². The predicted octanol–water partition coefficient (Wildman–Crippen LogP) is 1.65. The van der Waals surface area contributed by atoms with Gasteiger partial charge < -0.3 is 9.88 Å². The van der Waals surface area contributed by atoms with Crippen molar-refractivity contribution in [3.8, 4) is 0 Å². The molecule has 0 saturated carbocycles. The minimum atomic E-state index is 1.03. The van der Waals surface area contributed by atoms with Gasteiger partial charge in [-0.25, -0.2) is 4.98 Å². The van der Waals surface area contributed by atoms with E-state index in [0.29, 0.717) is 0 Å². The number of hydrogen-bond acceptors (Lipinski definition) is 2. The van der Waals surface area contributed by atoms with Crippen LogP contribution >= 0.6 is 0 Å². The predicted molar refractivity (Wildman–Crippen MR) is 58.3 cm³/mol. The van der Waals surface area contributed by atoms with Gasteiger partial charge in [-0.05, 0) is 38.2 Å². The van der Waals surface area contributed by atoms with Crippen molar-refractivity contribution < 1.29 is 0 Å². The Bertz CT molecular complexity index is 406. The summed E-state index contributed by atoms with van der Waals surface area (Å²) in [6.45, 7) is 2.08. The van der Waals surface area contributed by atoms with Crippen LogP contribution in [0, 0.1) is 0 Å². The third-order valence-electron chi connectivity index (χ3n) is 2.35. The molecule has 2 aromatic rings. The molecule has 0 aliphatic carbocycles. The van der Waals surface area contributed by atoms with Crippen LogP contribution in [0.15, 0.2) is 30.6 Å². The van der Waals surface area contributed by atoms with Gasteiger partial charge in [-0.1, -0.05) is 0 Å². The smallest absolute Gasteiger partial charge is 0.139 e. The van der Waals surface area contributed by atoms with Gasteiger partial charge in [0.25, 0.3) is 0 Å². The lowest BCUT2D eigenvalue weighted by Crippen LogP contribution is -2.10. The fraction of sp³-hybridized carbons (Fsp3) is 0.364. The van der Waals surface area contributed by atoms with E-state index in [-0.39, 0.29) is 0 Å². The Labute approximate surface area is 83.8 Å². The fourth-order valence-electron chi connectivity index (χ4n) is 1.63. The molecule has 0 radical (unpaired) electrons. The van der Waals surface area contributed by atoms with Crippen LogP contribution in [0.1, 0.15) is 6.42 Å². The summed E-state index contributed by atoms with van der Waals surface area (Å²) >= 11 is 0. The largest absolute Gasteiger partial charge is 0.332 e. The summed E-state index contributed by atoms with van der Waals surface area (Å²) in [5, 5.41) is 4.36. The fourth-order valence-corrected chi connectivity index (χ4v) is 1.63. The van der Waals surface area contributed by atoms with Gasteiger partial charge in [0.05, 0.1) is 0 Å². The third kappa shape index (κ3) is 1.77. The number of rotatable bonds is 4. The Morgan fingerprint density at radius 1 is 1.43 bits per heavy atom. The summed E-state index contributed by atoms with van der Waals surface area (Å²) in [5.74, 6) is 0. The molecule has 0 atom stereocenters. The van der Waals surface area contributed by atoms with E-state index < -0.39 is 0 Å². The summed E-state index contributed by atoms with van der Waals surface area (Å²) in [4.78, 5) is 4.36. The highest BCUT2D eigenvalue weighted by atomic mass is 15.0. The molecule has 0 aliphatic heterocycles. The first kappa shape index (κ1) is 9.21. The Hall–Kier alpha value is -1.35. The number of aryl methyl sites for hydroxylation is 1. The number of nitrogens with one attached hydrogen (secondary N) is 1. The van der Waals surface area contributed by atoms with Gasteiger partial charge in [-0.2, -0.15) is 0 Å². The molecule has 0 fully saturated rings. The number of pyridine rings is 1. The molecule has 2 heterocycles. The quantitative estimate of drug-likeness (QED) is 0.741. The van der Waals surface area contributed by atoms with Gasteiger partial charge in [-0.15, -0.1) is 0 Å². The summed E-state index contributed by atoms with van der Waals surface area (Å²) in [6, 6.07) is 6.18. The zero-order chi connectivity index (χ0) is 9.80. The van der Waals surface area contributed by atoms with Gasteiger partial charge in [0, 0.05) is 24.3 Å². The molecule has 3 heteroatoms. The second-order valence-corrected chi connectivity index (χ2v) is 3.38. The standard InChI is InChI=1S/C11H15N3/c1-12-6-3-8-14-9-5-10-4-2-7-13-11(10)14/h2,4-5,7,9,12H,3,6,8H2,1H3. The molecule has 3 nitrogen and oxygen atoms in total. The van der Waals surface area contributed by atoms with E-state index in [4.69, 9.17) is 0 Å². The second kappa shape index (κ2) is 4.24. The van der Waals surface area contributed by atoms with Crippen molar-refractivity contribution in [3.63, 3.8) is 0 Å². The lowest BCUT2D eigenvalue weighted by Gasteiger charge is -2.03. The molecule has 2 rings (SSSR count). The first-order chi connectivity index (χ1) is 6.92. The molecule has 74 valence electrons. The van der Waals surface area contributed by atoms with E-state index in [0.717, 1.165) is 25.2 Å². The minimum Gasteiger partial charge on any atom is -0.332 e. The molecular weight excluding hydrogens is 174 g/mol. The summed E-state index contributed by atoms with van der Waals surface area (Å²) < 4.78 is 2.20. The van der Waals surface area contributed by atoms with Crippen molar-refractivity contribution in [2.24, 2.45) is 0 Å². The maximum atomic E-state index is 4.36. The highest BCUT2D eigenvalue weighted by Crippen LogP contribution is 2.12. The SMILES string of the molecule is CNCCCn1ccc2cccnc21. The molecule has 0 bridgehead atoms. The molecule has 0 aromatic carbocycles. The van der Waals surface area contributed by atoms with E-state index in [1.807, 2.05) is 19.3 Å². The molecule has 0 saturated heterocycles. The number of nitrogens with zero attached hydrogens (tertiary/aromatic N) is 2. The zero-order valence-corrected chi connectivity index (χ0v) is 8.40. The summed E-state index contributed by atoms with van der Waals surface area (Å²) in [6.07, 6.45) is 5.08. The number of fused-ring (bicyclic) bond motifs is 1. The Balaban J connectivity index is 2.17. The first-order valence-corrected chi connectivity index (χ1v) is 4.96. The topological polar surface area (TPSA) is 29.9 Å². The molecular formula is C11H15N3. The van der Waals surface area contributed by atoms with Crippen LogP contribution in [-0.4, -0.2) is 23.1 Å². The lowest BCUT2D eigenvalue weighted by atomic mass is 10.3. The highest BCUT2D eigenvalue weighted by Gasteiger charge is 1.99. The van der Waals surface area contributed by atoms with Crippen LogP contribution in [-0.2, 0) is 6.54 Å². The normalized spacial score (nSPS) is 10.9. The van der Waals surface area contributed by atoms with E-state index in [1.54, 1.807) is 0 Å². The van der Waals surface area contributed by atoms with Gasteiger partial charge in [-0.3, -0.25) is 0 Å². The minimum absolute atomic E-state index is 1.03. The third-order valence-corrected chi connectivity index (χ3v) is 2.35. The number of hydrogen-bond donors (Lipinski definition) is 1. The highest BCUT2D eigenvalue weighted by molar-refractivity contribution is 5.75. The zero-order valence-electron chi connectivity index (χ0n) is 8.40. The maximum Gasteiger partial charge on any atom is 0.139 e. The monoisotopic (exact) mass is 189 g/mol. The molecule has 0 spiro atoms. The van der Waals surface area contributed by atoms with Crippen molar-refractivity contribution in [3.05, 3.63) is 30.6 Å². The van der Waals surface area contributed by atoms with Crippen LogP contribution in [0.3, 0.4) is 0 Å². The van der Waals surface area contributed by atoms with Crippen molar-refractivity contribution in [1.29, 1.82) is 0 Å². The van der Waals surface area contributed by atoms with E-state index in [9.17, 15) is 0 Å². The molecule has 1 N–H and O–H groups in total. The average molecular weight is 189 g/mol. The van der Waals surface area contributed by atoms with E-state index >= 15 is 0 Å². The summed E-state index contributed by atoms with van der Waals surface area (Å²) in [7, 11) is 1.98. The van der Waals surface area contributed by atoms with Crippen LogP contribution < -0.4 is 5.32 Å². The Kier molecular flexibility index (Phi) is 2.79. The lowest BCUT2D eigenvalue weighted by molar-refractivity contribution is 0.624. The van der Waals surface area contributed by atoms with Gasteiger partial charge in [0.1, 0.15) is 5.65 Å². The van der Waals surface area contributed by atoms with Crippen molar-refractivity contribution in [2.75, 3.05) is 13.6 Å². The molecule has 14 heavy (non-hydrogen) atoms. The Morgan fingerprint density at radius 2 is 2.36 bits per heavy atom. The van der Waals surface area contributed by atoms with Gasteiger partial charge in [0.15, 0.2) is 0 Å². The van der Waals surface area contributed by atoms with Crippen molar-refractivity contribution >= 4 is 11.0 Å². The maximum absolute atomic E-state index is 4.36.